The molecular formula is C14H15N3O. The van der Waals surface area contributed by atoms with E-state index in [-0.39, 0.29) is 5.91 Å². The van der Waals surface area contributed by atoms with Crippen molar-refractivity contribution in [2.24, 2.45) is 0 Å². The Hall–Kier alpha value is -2.15. The van der Waals surface area contributed by atoms with Gasteiger partial charge in [-0.15, -0.1) is 0 Å². The second kappa shape index (κ2) is 5.01. The number of likely N-dealkylation sites (tertiary alicyclic amines) is 1. The first kappa shape index (κ1) is 12.3. The van der Waals surface area contributed by atoms with Gasteiger partial charge in [-0.25, -0.2) is 0 Å². The van der Waals surface area contributed by atoms with Crippen LogP contribution in [-0.4, -0.2) is 28.9 Å². The van der Waals surface area contributed by atoms with Gasteiger partial charge in [-0.1, -0.05) is 12.6 Å². The summed E-state index contributed by atoms with van der Waals surface area (Å²) >= 11 is 0. The van der Waals surface area contributed by atoms with Crippen LogP contribution in [0.2, 0.25) is 0 Å². The van der Waals surface area contributed by atoms with E-state index in [1.807, 2.05) is 18.2 Å². The van der Waals surface area contributed by atoms with E-state index < -0.39 is 5.41 Å². The van der Waals surface area contributed by atoms with Crippen LogP contribution < -0.4 is 0 Å². The first-order valence-electron chi connectivity index (χ1n) is 5.96. The summed E-state index contributed by atoms with van der Waals surface area (Å²) in [7, 11) is 0. The summed E-state index contributed by atoms with van der Waals surface area (Å²) in [6.45, 7) is 4.64. The van der Waals surface area contributed by atoms with Crippen molar-refractivity contribution < 1.29 is 4.79 Å². The molecule has 1 amide bonds. The van der Waals surface area contributed by atoms with Gasteiger partial charge in [-0.3, -0.25) is 9.78 Å². The molecule has 2 rings (SSSR count). The van der Waals surface area contributed by atoms with E-state index in [9.17, 15) is 10.1 Å². The van der Waals surface area contributed by atoms with Gasteiger partial charge in [-0.2, -0.15) is 5.26 Å². The van der Waals surface area contributed by atoms with Crippen molar-refractivity contribution in [1.82, 2.24) is 9.88 Å². The summed E-state index contributed by atoms with van der Waals surface area (Å²) in [4.78, 5) is 17.5. The number of hydrogen-bond donors (Lipinski definition) is 0. The van der Waals surface area contributed by atoms with Crippen LogP contribution in [0.15, 0.2) is 37.1 Å². The summed E-state index contributed by atoms with van der Waals surface area (Å²) in [6.07, 6.45) is 4.27. The van der Waals surface area contributed by atoms with Crippen molar-refractivity contribution in [3.8, 4) is 6.07 Å². The Morgan fingerprint density at radius 2 is 2.22 bits per heavy atom. The molecule has 4 nitrogen and oxygen atoms in total. The smallest absolute Gasteiger partial charge is 0.245 e. The van der Waals surface area contributed by atoms with Gasteiger partial charge in [0.05, 0.1) is 11.8 Å². The summed E-state index contributed by atoms with van der Waals surface area (Å²) in [5.41, 5.74) is 0.248. The lowest BCUT2D eigenvalue weighted by Gasteiger charge is -2.36. The van der Waals surface area contributed by atoms with E-state index in [1.165, 1.54) is 6.08 Å². The maximum absolute atomic E-state index is 11.5. The van der Waals surface area contributed by atoms with Crippen LogP contribution in [0.4, 0.5) is 0 Å². The molecule has 0 atom stereocenters. The zero-order valence-corrected chi connectivity index (χ0v) is 10.2. The minimum absolute atomic E-state index is 0.0671. The molecule has 1 aromatic rings. The van der Waals surface area contributed by atoms with Gasteiger partial charge in [0.15, 0.2) is 0 Å². The van der Waals surface area contributed by atoms with E-state index in [0.717, 1.165) is 5.69 Å². The Morgan fingerprint density at radius 1 is 1.50 bits per heavy atom. The van der Waals surface area contributed by atoms with E-state index in [1.54, 1.807) is 11.1 Å². The third-order valence-electron chi connectivity index (χ3n) is 3.47. The lowest BCUT2D eigenvalue weighted by atomic mass is 9.76. The monoisotopic (exact) mass is 241 g/mol. The first-order chi connectivity index (χ1) is 8.72. The Labute approximate surface area is 107 Å². The number of nitrogens with zero attached hydrogens (tertiary/aromatic N) is 3. The molecule has 4 heteroatoms. The largest absolute Gasteiger partial charge is 0.339 e. The SMILES string of the molecule is C=CC(=O)N1CCC(C#N)(c2ccccn2)CC1. The Morgan fingerprint density at radius 3 is 2.72 bits per heavy atom. The van der Waals surface area contributed by atoms with E-state index >= 15 is 0 Å². The van der Waals surface area contributed by atoms with Gasteiger partial charge in [0.2, 0.25) is 5.91 Å². The van der Waals surface area contributed by atoms with Crippen LogP contribution in [0.25, 0.3) is 0 Å². The van der Waals surface area contributed by atoms with Crippen LogP contribution in [0.1, 0.15) is 18.5 Å². The molecule has 1 aliphatic rings. The Kier molecular flexibility index (Phi) is 3.42. The molecule has 1 fully saturated rings. The van der Waals surface area contributed by atoms with Crippen molar-refractivity contribution in [2.45, 2.75) is 18.3 Å². The average Bonchev–Trinajstić information content (AvgIpc) is 2.47. The topological polar surface area (TPSA) is 57.0 Å². The normalized spacial score (nSPS) is 17.8. The van der Waals surface area contributed by atoms with Gasteiger partial charge in [0.1, 0.15) is 5.41 Å². The zero-order chi connectivity index (χ0) is 13.0. The maximum Gasteiger partial charge on any atom is 0.245 e. The second-order valence-corrected chi connectivity index (χ2v) is 4.44. The number of pyridine rings is 1. The molecule has 2 heterocycles. The molecule has 0 aromatic carbocycles. The minimum atomic E-state index is -0.556. The second-order valence-electron chi connectivity index (χ2n) is 4.44. The van der Waals surface area contributed by atoms with Crippen molar-refractivity contribution in [1.29, 1.82) is 5.26 Å². The first-order valence-corrected chi connectivity index (χ1v) is 5.96. The average molecular weight is 241 g/mol. The van der Waals surface area contributed by atoms with Crippen LogP contribution in [0.5, 0.6) is 0 Å². The summed E-state index contributed by atoms with van der Waals surface area (Å²) in [5, 5.41) is 9.46. The fourth-order valence-electron chi connectivity index (χ4n) is 2.31. The zero-order valence-electron chi connectivity index (χ0n) is 10.2. The fourth-order valence-corrected chi connectivity index (χ4v) is 2.31. The molecule has 0 N–H and O–H groups in total. The van der Waals surface area contributed by atoms with Crippen molar-refractivity contribution in [2.75, 3.05) is 13.1 Å². The number of amides is 1. The number of carbonyl (C=O) groups excluding carboxylic acids is 1. The maximum atomic E-state index is 11.5. The highest BCUT2D eigenvalue weighted by Gasteiger charge is 2.38. The van der Waals surface area contributed by atoms with Crippen LogP contribution in [-0.2, 0) is 10.2 Å². The predicted molar refractivity (Wildman–Crippen MR) is 67.5 cm³/mol. The Bertz CT molecular complexity index is 482. The van der Waals surface area contributed by atoms with Crippen molar-refractivity contribution in [3.05, 3.63) is 42.7 Å². The summed E-state index contributed by atoms with van der Waals surface area (Å²) < 4.78 is 0. The highest BCUT2D eigenvalue weighted by atomic mass is 16.2. The van der Waals surface area contributed by atoms with Gasteiger partial charge in [0.25, 0.3) is 0 Å². The number of nitriles is 1. The molecule has 0 unspecified atom stereocenters. The number of piperidine rings is 1. The highest BCUT2D eigenvalue weighted by Crippen LogP contribution is 2.33. The Balaban J connectivity index is 2.17. The quantitative estimate of drug-likeness (QED) is 0.740. The van der Waals surface area contributed by atoms with Crippen molar-refractivity contribution in [3.63, 3.8) is 0 Å². The van der Waals surface area contributed by atoms with Gasteiger partial charge >= 0.3 is 0 Å². The lowest BCUT2D eigenvalue weighted by Crippen LogP contribution is -2.44. The molecule has 1 aliphatic heterocycles. The molecule has 0 saturated carbocycles. The summed E-state index contributed by atoms with van der Waals surface area (Å²) in [5.74, 6) is -0.0671. The molecular weight excluding hydrogens is 226 g/mol. The fraction of sp³-hybridized carbons (Fsp3) is 0.357. The van der Waals surface area contributed by atoms with Crippen molar-refractivity contribution >= 4 is 5.91 Å². The van der Waals surface area contributed by atoms with E-state index in [4.69, 9.17) is 0 Å². The summed E-state index contributed by atoms with van der Waals surface area (Å²) in [6, 6.07) is 8.00. The third kappa shape index (κ3) is 2.12. The molecule has 0 spiro atoms. The molecule has 18 heavy (non-hydrogen) atoms. The number of rotatable bonds is 2. The lowest BCUT2D eigenvalue weighted by molar-refractivity contribution is -0.127. The molecule has 1 aromatic heterocycles. The van der Waals surface area contributed by atoms with Crippen LogP contribution in [0, 0.1) is 11.3 Å². The molecule has 0 aliphatic carbocycles. The molecule has 92 valence electrons. The number of hydrogen-bond acceptors (Lipinski definition) is 3. The standard InChI is InChI=1S/C14H15N3O/c1-2-13(18)17-9-6-14(11-15,7-10-17)12-5-3-4-8-16-12/h2-5,8H,1,6-7,9-10H2. The van der Waals surface area contributed by atoms with Crippen LogP contribution >= 0.6 is 0 Å². The highest BCUT2D eigenvalue weighted by molar-refractivity contribution is 5.87. The van der Waals surface area contributed by atoms with E-state index in [0.29, 0.717) is 25.9 Å². The molecule has 1 saturated heterocycles. The van der Waals surface area contributed by atoms with Gasteiger partial charge < -0.3 is 4.90 Å². The number of carbonyl (C=O) groups is 1. The van der Waals surface area contributed by atoms with Crippen LogP contribution in [0.3, 0.4) is 0 Å². The molecule has 0 bridgehead atoms. The predicted octanol–water partition coefficient (Wildman–Crippen LogP) is 1.65. The van der Waals surface area contributed by atoms with Gasteiger partial charge in [-0.05, 0) is 31.1 Å². The minimum Gasteiger partial charge on any atom is -0.339 e. The molecule has 0 radical (unpaired) electrons. The third-order valence-corrected chi connectivity index (χ3v) is 3.47. The van der Waals surface area contributed by atoms with Gasteiger partial charge in [0, 0.05) is 19.3 Å². The van der Waals surface area contributed by atoms with E-state index in [2.05, 4.69) is 17.6 Å². The number of aromatic nitrogens is 1.